The van der Waals surface area contributed by atoms with E-state index in [1.54, 1.807) is 17.1 Å². The maximum Gasteiger partial charge on any atom is 0.0660 e. The normalized spacial score (nSPS) is 10.1. The van der Waals surface area contributed by atoms with Crippen LogP contribution in [0, 0.1) is 6.07 Å². The fraction of sp³-hybridized carbons (Fsp3) is 0. The Morgan fingerprint density at radius 2 is 2.33 bits per heavy atom. The highest BCUT2D eigenvalue weighted by molar-refractivity contribution is 6.30. The number of hydrogen-bond donors (Lipinski definition) is 0. The Bertz CT molecular complexity index is 368. The Labute approximate surface area is 75.4 Å². The Hall–Kier alpha value is -1.28. The summed E-state index contributed by atoms with van der Waals surface area (Å²) in [7, 11) is 0. The molecule has 0 spiro atoms. The van der Waals surface area contributed by atoms with Gasteiger partial charge in [0, 0.05) is 17.3 Å². The predicted octanol–water partition coefficient (Wildman–Crippen LogP) is 2.33. The molecule has 12 heavy (non-hydrogen) atoms. The van der Waals surface area contributed by atoms with Crippen LogP contribution in [0.3, 0.4) is 0 Å². The van der Waals surface area contributed by atoms with Crippen LogP contribution in [0.15, 0.2) is 36.7 Å². The third-order valence-electron chi connectivity index (χ3n) is 1.53. The lowest BCUT2D eigenvalue weighted by atomic mass is 10.3. The molecular weight excluding hydrogens is 172 g/mol. The van der Waals surface area contributed by atoms with Gasteiger partial charge in [0.25, 0.3) is 0 Å². The first kappa shape index (κ1) is 7.37. The lowest BCUT2D eigenvalue weighted by Gasteiger charge is -1.99. The molecule has 2 rings (SSSR count). The van der Waals surface area contributed by atoms with Gasteiger partial charge in [-0.2, -0.15) is 5.10 Å². The lowest BCUT2D eigenvalue weighted by Crippen LogP contribution is -1.92. The standard InChI is InChI=1S/C9H6ClN2/c10-8-3-1-4-9(7-8)12-6-2-5-11-12/h1,3-7H. The van der Waals surface area contributed by atoms with Crippen LogP contribution in [-0.4, -0.2) is 9.78 Å². The van der Waals surface area contributed by atoms with Crippen molar-refractivity contribution in [3.05, 3.63) is 47.7 Å². The van der Waals surface area contributed by atoms with Crippen LogP contribution in [0.25, 0.3) is 5.69 Å². The predicted molar refractivity (Wildman–Crippen MR) is 47.4 cm³/mol. The average Bonchev–Trinajstić information content (AvgIpc) is 2.56. The van der Waals surface area contributed by atoms with E-state index in [0.717, 1.165) is 5.69 Å². The Morgan fingerprint density at radius 1 is 1.42 bits per heavy atom. The van der Waals surface area contributed by atoms with E-state index < -0.39 is 0 Å². The summed E-state index contributed by atoms with van der Waals surface area (Å²) in [6, 6.07) is 10.4. The summed E-state index contributed by atoms with van der Waals surface area (Å²) < 4.78 is 1.71. The molecule has 0 aliphatic carbocycles. The molecule has 0 fully saturated rings. The van der Waals surface area contributed by atoms with E-state index in [2.05, 4.69) is 11.2 Å². The molecule has 0 aliphatic heterocycles. The van der Waals surface area contributed by atoms with E-state index in [1.165, 1.54) is 0 Å². The zero-order valence-electron chi connectivity index (χ0n) is 6.24. The summed E-state index contributed by atoms with van der Waals surface area (Å²) in [5, 5.41) is 4.74. The average molecular weight is 178 g/mol. The van der Waals surface area contributed by atoms with Gasteiger partial charge in [-0.3, -0.25) is 0 Å². The number of benzene rings is 1. The molecule has 0 atom stereocenters. The Morgan fingerprint density at radius 3 is 3.00 bits per heavy atom. The number of aromatic nitrogens is 2. The summed E-state index contributed by atoms with van der Waals surface area (Å²) in [6.07, 6.45) is 3.37. The van der Waals surface area contributed by atoms with E-state index in [1.807, 2.05) is 24.3 Å². The minimum absolute atomic E-state index is 0.711. The van der Waals surface area contributed by atoms with Crippen molar-refractivity contribution in [2.45, 2.75) is 0 Å². The largest absolute Gasteiger partial charge is 0.240 e. The van der Waals surface area contributed by atoms with Gasteiger partial charge < -0.3 is 0 Å². The van der Waals surface area contributed by atoms with Crippen LogP contribution in [0.1, 0.15) is 0 Å². The number of halogens is 1. The first-order chi connectivity index (χ1) is 5.86. The maximum absolute atomic E-state index is 5.81. The van der Waals surface area contributed by atoms with Crippen LogP contribution in [0.4, 0.5) is 0 Å². The molecule has 0 unspecified atom stereocenters. The molecule has 0 bridgehead atoms. The van der Waals surface area contributed by atoms with Gasteiger partial charge >= 0.3 is 0 Å². The maximum atomic E-state index is 5.81. The Kier molecular flexibility index (Phi) is 1.84. The summed E-state index contributed by atoms with van der Waals surface area (Å²) in [5.74, 6) is 0. The molecule has 0 saturated heterocycles. The minimum atomic E-state index is 0.711. The van der Waals surface area contributed by atoms with Gasteiger partial charge in [0.2, 0.25) is 0 Å². The fourth-order valence-electron chi connectivity index (χ4n) is 0.993. The molecule has 0 saturated carbocycles. The van der Waals surface area contributed by atoms with Crippen molar-refractivity contribution < 1.29 is 0 Å². The van der Waals surface area contributed by atoms with Crippen LogP contribution in [-0.2, 0) is 0 Å². The monoisotopic (exact) mass is 177 g/mol. The van der Waals surface area contributed by atoms with Crippen LogP contribution in [0.5, 0.6) is 0 Å². The van der Waals surface area contributed by atoms with Crippen molar-refractivity contribution >= 4 is 11.6 Å². The quantitative estimate of drug-likeness (QED) is 0.654. The second-order valence-corrected chi connectivity index (χ2v) is 2.80. The zero-order chi connectivity index (χ0) is 8.39. The summed E-state index contributed by atoms with van der Waals surface area (Å²) >= 11 is 5.81. The second-order valence-electron chi connectivity index (χ2n) is 2.36. The van der Waals surface area contributed by atoms with Crippen LogP contribution < -0.4 is 0 Å². The molecule has 59 valence electrons. The Balaban J connectivity index is 2.48. The molecule has 0 aliphatic rings. The van der Waals surface area contributed by atoms with Crippen molar-refractivity contribution in [3.8, 4) is 5.69 Å². The van der Waals surface area contributed by atoms with Crippen molar-refractivity contribution in [2.24, 2.45) is 0 Å². The first-order valence-electron chi connectivity index (χ1n) is 3.53. The smallest absolute Gasteiger partial charge is 0.0660 e. The SMILES string of the molecule is Clc1cccc(-n2c[c]cn2)c1. The van der Waals surface area contributed by atoms with E-state index in [0.29, 0.717) is 5.02 Å². The van der Waals surface area contributed by atoms with Crippen LogP contribution in [0.2, 0.25) is 5.02 Å². The van der Waals surface area contributed by atoms with Crippen molar-refractivity contribution in [1.29, 1.82) is 0 Å². The molecule has 0 amide bonds. The van der Waals surface area contributed by atoms with Gasteiger partial charge in [0.05, 0.1) is 11.9 Å². The summed E-state index contributed by atoms with van der Waals surface area (Å²) in [6.45, 7) is 0. The number of rotatable bonds is 1. The van der Waals surface area contributed by atoms with Crippen molar-refractivity contribution in [1.82, 2.24) is 9.78 Å². The molecular formula is C9H6ClN2. The summed E-state index contributed by atoms with van der Waals surface area (Å²) in [4.78, 5) is 0. The highest BCUT2D eigenvalue weighted by atomic mass is 35.5. The van der Waals surface area contributed by atoms with Gasteiger partial charge in [-0.05, 0) is 18.2 Å². The topological polar surface area (TPSA) is 17.8 Å². The van der Waals surface area contributed by atoms with Gasteiger partial charge in [-0.1, -0.05) is 17.7 Å². The highest BCUT2D eigenvalue weighted by Gasteiger charge is 1.95. The second kappa shape index (κ2) is 2.99. The number of nitrogens with zero attached hydrogens (tertiary/aromatic N) is 2. The van der Waals surface area contributed by atoms with Gasteiger partial charge in [0.15, 0.2) is 0 Å². The molecule has 1 heterocycles. The fourth-order valence-corrected chi connectivity index (χ4v) is 1.18. The molecule has 1 aromatic carbocycles. The van der Waals surface area contributed by atoms with E-state index in [4.69, 9.17) is 11.6 Å². The molecule has 2 nitrogen and oxygen atoms in total. The van der Waals surface area contributed by atoms with Gasteiger partial charge in [0.1, 0.15) is 0 Å². The zero-order valence-corrected chi connectivity index (χ0v) is 6.99. The van der Waals surface area contributed by atoms with E-state index in [9.17, 15) is 0 Å². The van der Waals surface area contributed by atoms with E-state index in [-0.39, 0.29) is 0 Å². The minimum Gasteiger partial charge on any atom is -0.240 e. The highest BCUT2D eigenvalue weighted by Crippen LogP contribution is 2.13. The third kappa shape index (κ3) is 1.34. The van der Waals surface area contributed by atoms with Gasteiger partial charge in [-0.15, -0.1) is 0 Å². The first-order valence-corrected chi connectivity index (χ1v) is 3.91. The lowest BCUT2D eigenvalue weighted by molar-refractivity contribution is 0.880. The molecule has 1 aromatic heterocycles. The molecule has 0 N–H and O–H groups in total. The van der Waals surface area contributed by atoms with Crippen molar-refractivity contribution in [2.75, 3.05) is 0 Å². The number of hydrogen-bond acceptors (Lipinski definition) is 1. The van der Waals surface area contributed by atoms with Crippen molar-refractivity contribution in [3.63, 3.8) is 0 Å². The third-order valence-corrected chi connectivity index (χ3v) is 1.76. The molecule has 3 heteroatoms. The van der Waals surface area contributed by atoms with Crippen LogP contribution >= 0.6 is 11.6 Å². The molecule has 1 radical (unpaired) electrons. The van der Waals surface area contributed by atoms with Gasteiger partial charge in [-0.25, -0.2) is 4.68 Å². The van der Waals surface area contributed by atoms with E-state index >= 15 is 0 Å². The summed E-state index contributed by atoms with van der Waals surface area (Å²) in [5.41, 5.74) is 0.948. The molecule has 2 aromatic rings.